The third-order valence-electron chi connectivity index (χ3n) is 4.61. The lowest BCUT2D eigenvalue weighted by Crippen LogP contribution is -2.28. The lowest BCUT2D eigenvalue weighted by molar-refractivity contribution is -0.144. The summed E-state index contributed by atoms with van der Waals surface area (Å²) in [5, 5.41) is 14.7. The summed E-state index contributed by atoms with van der Waals surface area (Å²) in [7, 11) is 0. The molecule has 0 radical (unpaired) electrons. The van der Waals surface area contributed by atoms with E-state index < -0.39 is 18.2 Å². The number of carboxylic acid groups (broad SMARTS) is 1. The SMILES string of the molecule is Cc1ccc(NC(c2cc(C)c(Cl)c(C)c2)C(F)(F)F)cc1CNCCC(=O)O. The second-order valence-corrected chi connectivity index (χ2v) is 7.43. The smallest absolute Gasteiger partial charge is 0.412 e. The van der Waals surface area contributed by atoms with Crippen molar-refractivity contribution in [3.63, 3.8) is 0 Å². The Hall–Kier alpha value is -2.25. The number of hydrogen-bond acceptors (Lipinski definition) is 3. The number of halogens is 4. The minimum atomic E-state index is -4.50. The third kappa shape index (κ3) is 6.37. The summed E-state index contributed by atoms with van der Waals surface area (Å²) >= 11 is 6.10. The maximum absolute atomic E-state index is 13.8. The lowest BCUT2D eigenvalue weighted by Gasteiger charge is -2.25. The standard InChI is InChI=1S/C21H24ClF3N2O2/c1-12-4-5-17(10-16(12)11-26-7-6-18(28)29)27-20(21(23,24)25)15-8-13(2)19(22)14(3)9-15/h4-5,8-10,20,26-27H,6-7,11H2,1-3H3,(H,28,29). The van der Waals surface area contributed by atoms with Crippen molar-refractivity contribution in [1.82, 2.24) is 5.32 Å². The normalized spacial score (nSPS) is 12.7. The van der Waals surface area contributed by atoms with E-state index in [1.54, 1.807) is 32.0 Å². The van der Waals surface area contributed by atoms with Crippen molar-refractivity contribution in [3.8, 4) is 0 Å². The third-order valence-corrected chi connectivity index (χ3v) is 5.21. The number of aliphatic carboxylic acids is 1. The van der Waals surface area contributed by atoms with Gasteiger partial charge >= 0.3 is 12.1 Å². The maximum Gasteiger partial charge on any atom is 0.412 e. The molecule has 0 amide bonds. The Bertz CT molecular complexity index is 862. The summed E-state index contributed by atoms with van der Waals surface area (Å²) in [4.78, 5) is 10.6. The molecule has 4 nitrogen and oxygen atoms in total. The summed E-state index contributed by atoms with van der Waals surface area (Å²) in [6.45, 7) is 5.86. The van der Waals surface area contributed by atoms with Crippen molar-refractivity contribution in [3.05, 3.63) is 63.2 Å². The number of rotatable bonds is 8. The molecule has 0 aliphatic heterocycles. The molecule has 0 aliphatic carbocycles. The molecule has 2 rings (SSSR count). The molecule has 1 atom stereocenters. The van der Waals surface area contributed by atoms with Gasteiger partial charge in [-0.1, -0.05) is 29.8 Å². The van der Waals surface area contributed by atoms with E-state index >= 15 is 0 Å². The Kier molecular flexibility index (Phi) is 7.54. The molecular weight excluding hydrogens is 405 g/mol. The Labute approximate surface area is 173 Å². The number of hydrogen-bond donors (Lipinski definition) is 3. The van der Waals surface area contributed by atoms with Crippen molar-refractivity contribution in [2.24, 2.45) is 0 Å². The van der Waals surface area contributed by atoms with Crippen molar-refractivity contribution >= 4 is 23.3 Å². The fourth-order valence-corrected chi connectivity index (χ4v) is 3.15. The zero-order valence-electron chi connectivity index (χ0n) is 16.5. The van der Waals surface area contributed by atoms with Gasteiger partial charge in [0, 0.05) is 23.8 Å². The zero-order chi connectivity index (χ0) is 21.8. The molecule has 158 valence electrons. The van der Waals surface area contributed by atoms with E-state index in [9.17, 15) is 18.0 Å². The number of anilines is 1. The van der Waals surface area contributed by atoms with Gasteiger partial charge in [-0.25, -0.2) is 0 Å². The van der Waals surface area contributed by atoms with Gasteiger partial charge in [-0.15, -0.1) is 0 Å². The van der Waals surface area contributed by atoms with Crippen molar-refractivity contribution in [1.29, 1.82) is 0 Å². The summed E-state index contributed by atoms with van der Waals surface area (Å²) in [5.74, 6) is -0.911. The van der Waals surface area contributed by atoms with Crippen molar-refractivity contribution in [2.75, 3.05) is 11.9 Å². The van der Waals surface area contributed by atoms with Crippen LogP contribution in [-0.2, 0) is 11.3 Å². The summed E-state index contributed by atoms with van der Waals surface area (Å²) in [6.07, 6.45) is -4.53. The largest absolute Gasteiger partial charge is 0.481 e. The molecule has 1 unspecified atom stereocenters. The number of carboxylic acids is 1. The first-order valence-electron chi connectivity index (χ1n) is 9.11. The highest BCUT2D eigenvalue weighted by Crippen LogP contribution is 2.38. The van der Waals surface area contributed by atoms with E-state index in [1.807, 2.05) is 6.92 Å². The van der Waals surface area contributed by atoms with Crippen LogP contribution in [0.25, 0.3) is 0 Å². The highest BCUT2D eigenvalue weighted by atomic mass is 35.5. The van der Waals surface area contributed by atoms with Gasteiger partial charge < -0.3 is 15.7 Å². The first-order chi connectivity index (χ1) is 13.5. The molecule has 0 bridgehead atoms. The molecule has 0 heterocycles. The Morgan fingerprint density at radius 2 is 1.72 bits per heavy atom. The van der Waals surface area contributed by atoms with Gasteiger partial charge in [0.05, 0.1) is 6.42 Å². The minimum Gasteiger partial charge on any atom is -0.481 e. The summed E-state index contributed by atoms with van der Waals surface area (Å²) in [5.41, 5.74) is 3.30. The van der Waals surface area contributed by atoms with E-state index in [-0.39, 0.29) is 18.5 Å². The van der Waals surface area contributed by atoms with Gasteiger partial charge in [-0.3, -0.25) is 4.79 Å². The average molecular weight is 429 g/mol. The number of benzene rings is 2. The molecule has 0 aliphatic rings. The van der Waals surface area contributed by atoms with Gasteiger partial charge in [0.15, 0.2) is 0 Å². The zero-order valence-corrected chi connectivity index (χ0v) is 17.2. The van der Waals surface area contributed by atoms with Gasteiger partial charge in [0.25, 0.3) is 0 Å². The van der Waals surface area contributed by atoms with Crippen LogP contribution in [0.1, 0.15) is 40.3 Å². The Morgan fingerprint density at radius 1 is 1.10 bits per heavy atom. The van der Waals surface area contributed by atoms with E-state index in [0.29, 0.717) is 28.4 Å². The molecule has 8 heteroatoms. The first-order valence-corrected chi connectivity index (χ1v) is 9.48. The summed E-state index contributed by atoms with van der Waals surface area (Å²) < 4.78 is 41.4. The predicted octanol–water partition coefficient (Wildman–Crippen LogP) is 5.55. The molecule has 29 heavy (non-hydrogen) atoms. The predicted molar refractivity (Wildman–Crippen MR) is 108 cm³/mol. The molecule has 0 aromatic heterocycles. The molecule has 0 fully saturated rings. The molecule has 0 saturated heterocycles. The highest BCUT2D eigenvalue weighted by molar-refractivity contribution is 6.32. The fourth-order valence-electron chi connectivity index (χ4n) is 3.04. The number of nitrogens with one attached hydrogen (secondary N) is 2. The second kappa shape index (κ2) is 9.50. The van der Waals surface area contributed by atoms with Crippen LogP contribution in [0, 0.1) is 20.8 Å². The monoisotopic (exact) mass is 428 g/mol. The van der Waals surface area contributed by atoms with Gasteiger partial charge in [-0.05, 0) is 60.7 Å². The minimum absolute atomic E-state index is 0.0254. The van der Waals surface area contributed by atoms with Crippen LogP contribution in [0.15, 0.2) is 30.3 Å². The van der Waals surface area contributed by atoms with E-state index in [1.165, 1.54) is 12.1 Å². The quantitative estimate of drug-likeness (QED) is 0.483. The Balaban J connectivity index is 2.26. The fraction of sp³-hybridized carbons (Fsp3) is 0.381. The second-order valence-electron chi connectivity index (χ2n) is 7.05. The van der Waals surface area contributed by atoms with E-state index in [0.717, 1.165) is 11.1 Å². The van der Waals surface area contributed by atoms with Gasteiger partial charge in [-0.2, -0.15) is 13.2 Å². The average Bonchev–Trinajstić information content (AvgIpc) is 2.61. The van der Waals surface area contributed by atoms with Crippen LogP contribution >= 0.6 is 11.6 Å². The molecule has 0 saturated carbocycles. The van der Waals surface area contributed by atoms with E-state index in [4.69, 9.17) is 16.7 Å². The van der Waals surface area contributed by atoms with Crippen LogP contribution in [0.3, 0.4) is 0 Å². The molecule has 3 N–H and O–H groups in total. The molecule has 2 aromatic carbocycles. The maximum atomic E-state index is 13.8. The molecular formula is C21H24ClF3N2O2. The molecule has 2 aromatic rings. The van der Waals surface area contributed by atoms with Crippen LogP contribution in [0.5, 0.6) is 0 Å². The Morgan fingerprint density at radius 3 is 2.28 bits per heavy atom. The van der Waals surface area contributed by atoms with Crippen LogP contribution in [0.2, 0.25) is 5.02 Å². The van der Waals surface area contributed by atoms with Crippen molar-refractivity contribution in [2.45, 2.75) is 46.0 Å². The lowest BCUT2D eigenvalue weighted by atomic mass is 10.00. The number of alkyl halides is 3. The topological polar surface area (TPSA) is 61.4 Å². The van der Waals surface area contributed by atoms with Crippen molar-refractivity contribution < 1.29 is 23.1 Å². The summed E-state index contributed by atoms with van der Waals surface area (Å²) in [6, 6.07) is 6.00. The highest BCUT2D eigenvalue weighted by Gasteiger charge is 2.41. The van der Waals surface area contributed by atoms with Gasteiger partial charge in [0.1, 0.15) is 6.04 Å². The number of aryl methyl sites for hydroxylation is 3. The van der Waals surface area contributed by atoms with E-state index in [2.05, 4.69) is 10.6 Å². The number of carbonyl (C=O) groups is 1. The van der Waals surface area contributed by atoms with Gasteiger partial charge in [0.2, 0.25) is 0 Å². The van der Waals surface area contributed by atoms with Crippen LogP contribution < -0.4 is 10.6 Å². The first kappa shape index (κ1) is 23.0. The van der Waals surface area contributed by atoms with Crippen LogP contribution in [0.4, 0.5) is 18.9 Å². The van der Waals surface area contributed by atoms with Crippen LogP contribution in [-0.4, -0.2) is 23.8 Å². The molecule has 0 spiro atoms.